The molecule has 0 radical (unpaired) electrons. The number of nitrogens with two attached hydrogens (primary N) is 1. The van der Waals surface area contributed by atoms with Crippen molar-refractivity contribution in [2.45, 2.75) is 50.4 Å². The molecule has 1 aliphatic heterocycles. The van der Waals surface area contributed by atoms with E-state index >= 15 is 0 Å². The van der Waals surface area contributed by atoms with Gasteiger partial charge in [0.05, 0.1) is 0 Å². The first-order chi connectivity index (χ1) is 9.34. The van der Waals surface area contributed by atoms with E-state index in [0.717, 1.165) is 6.54 Å². The van der Waals surface area contributed by atoms with Crippen LogP contribution in [0.3, 0.4) is 0 Å². The Bertz CT molecular complexity index is 398. The Morgan fingerprint density at radius 3 is 2.11 bits per heavy atom. The fourth-order valence-corrected chi connectivity index (χ4v) is 3.84. The van der Waals surface area contributed by atoms with Gasteiger partial charge in [-0.3, -0.25) is 0 Å². The molecule has 0 bridgehead atoms. The lowest BCUT2D eigenvalue weighted by molar-refractivity contribution is 0.301. The Kier molecular flexibility index (Phi) is 3.79. The summed E-state index contributed by atoms with van der Waals surface area (Å²) >= 11 is 0. The monoisotopic (exact) mass is 258 g/mol. The number of benzene rings is 1. The number of hydrogen-bond donors (Lipinski definition) is 1. The van der Waals surface area contributed by atoms with Crippen molar-refractivity contribution in [3.05, 3.63) is 29.8 Å². The topological polar surface area (TPSA) is 29.3 Å². The molecule has 104 valence electrons. The highest BCUT2D eigenvalue weighted by Gasteiger charge is 2.32. The van der Waals surface area contributed by atoms with Crippen molar-refractivity contribution in [1.29, 1.82) is 0 Å². The first kappa shape index (κ1) is 13.0. The average Bonchev–Trinajstić information content (AvgIpc) is 3.02. The van der Waals surface area contributed by atoms with Gasteiger partial charge in [-0.05, 0) is 43.4 Å². The van der Waals surface area contributed by atoms with Crippen LogP contribution < -0.4 is 10.6 Å². The summed E-state index contributed by atoms with van der Waals surface area (Å²) in [6, 6.07) is 9.30. The maximum absolute atomic E-state index is 6.12. The second kappa shape index (κ2) is 5.54. The molecule has 2 fully saturated rings. The van der Waals surface area contributed by atoms with Crippen LogP contribution in [0.2, 0.25) is 0 Å². The molecule has 2 aliphatic rings. The predicted molar refractivity (Wildman–Crippen MR) is 81.7 cm³/mol. The molecule has 0 atom stereocenters. The third kappa shape index (κ3) is 2.51. The Morgan fingerprint density at radius 1 is 0.895 bits per heavy atom. The van der Waals surface area contributed by atoms with Crippen LogP contribution >= 0.6 is 0 Å². The Hall–Kier alpha value is -1.02. The van der Waals surface area contributed by atoms with E-state index in [-0.39, 0.29) is 5.41 Å². The van der Waals surface area contributed by atoms with Crippen LogP contribution in [0.1, 0.15) is 50.5 Å². The fraction of sp³-hybridized carbons (Fsp3) is 0.647. The number of nitrogens with zero attached hydrogens (tertiary/aromatic N) is 1. The lowest BCUT2D eigenvalue weighted by atomic mass is 9.69. The number of rotatable bonds is 3. The molecule has 2 nitrogen and oxygen atoms in total. The molecule has 2 heteroatoms. The van der Waals surface area contributed by atoms with Crippen molar-refractivity contribution >= 4 is 5.69 Å². The molecule has 2 N–H and O–H groups in total. The first-order valence-electron chi connectivity index (χ1n) is 7.90. The van der Waals surface area contributed by atoms with Crippen molar-refractivity contribution in [2.75, 3.05) is 24.5 Å². The maximum Gasteiger partial charge on any atom is 0.0366 e. The van der Waals surface area contributed by atoms with E-state index in [4.69, 9.17) is 5.73 Å². The minimum Gasteiger partial charge on any atom is -0.372 e. The maximum atomic E-state index is 6.12. The van der Waals surface area contributed by atoms with Crippen LogP contribution in [0.5, 0.6) is 0 Å². The molecular formula is C17H26N2. The van der Waals surface area contributed by atoms with Gasteiger partial charge in [-0.25, -0.2) is 0 Å². The van der Waals surface area contributed by atoms with Gasteiger partial charge >= 0.3 is 0 Å². The van der Waals surface area contributed by atoms with E-state index in [9.17, 15) is 0 Å². The van der Waals surface area contributed by atoms with Crippen molar-refractivity contribution in [1.82, 2.24) is 0 Å². The lowest BCUT2D eigenvalue weighted by Crippen LogP contribution is -2.37. The highest BCUT2D eigenvalue weighted by atomic mass is 15.1. The van der Waals surface area contributed by atoms with Crippen molar-refractivity contribution < 1.29 is 0 Å². The van der Waals surface area contributed by atoms with Crippen LogP contribution in [0, 0.1) is 0 Å². The summed E-state index contributed by atoms with van der Waals surface area (Å²) in [6.45, 7) is 3.25. The Balaban J connectivity index is 1.80. The van der Waals surface area contributed by atoms with E-state index in [1.54, 1.807) is 0 Å². The second-order valence-electron chi connectivity index (χ2n) is 6.29. The molecule has 1 heterocycles. The van der Waals surface area contributed by atoms with E-state index in [1.165, 1.54) is 69.3 Å². The van der Waals surface area contributed by atoms with Crippen molar-refractivity contribution in [2.24, 2.45) is 5.73 Å². The SMILES string of the molecule is NCC1(c2ccc(N3CCCC3)cc2)CCCCC1. The van der Waals surface area contributed by atoms with Crippen LogP contribution in [0.25, 0.3) is 0 Å². The summed E-state index contributed by atoms with van der Waals surface area (Å²) < 4.78 is 0. The van der Waals surface area contributed by atoms with E-state index < -0.39 is 0 Å². The molecule has 1 aliphatic carbocycles. The van der Waals surface area contributed by atoms with Crippen molar-refractivity contribution in [3.8, 4) is 0 Å². The van der Waals surface area contributed by atoms with Gasteiger partial charge in [-0.15, -0.1) is 0 Å². The van der Waals surface area contributed by atoms with Gasteiger partial charge in [-0.2, -0.15) is 0 Å². The standard InChI is InChI=1S/C17H26N2/c18-14-17(10-2-1-3-11-17)15-6-8-16(9-7-15)19-12-4-5-13-19/h6-9H,1-5,10-14,18H2. The van der Waals surface area contributed by atoms with Gasteiger partial charge in [0, 0.05) is 30.7 Å². The third-order valence-corrected chi connectivity index (χ3v) is 5.15. The Labute approximate surface area is 117 Å². The zero-order chi connectivity index (χ0) is 13.1. The van der Waals surface area contributed by atoms with Gasteiger partial charge in [0.2, 0.25) is 0 Å². The van der Waals surface area contributed by atoms with Gasteiger partial charge in [0.25, 0.3) is 0 Å². The predicted octanol–water partition coefficient (Wildman–Crippen LogP) is 3.45. The fourth-order valence-electron chi connectivity index (χ4n) is 3.84. The van der Waals surface area contributed by atoms with E-state index in [0.29, 0.717) is 0 Å². The molecule has 1 saturated carbocycles. The number of anilines is 1. The molecule has 0 amide bonds. The summed E-state index contributed by atoms with van der Waals surface area (Å²) in [6.07, 6.45) is 9.28. The van der Waals surface area contributed by atoms with E-state index in [1.807, 2.05) is 0 Å². The molecule has 0 spiro atoms. The van der Waals surface area contributed by atoms with Gasteiger partial charge in [0.15, 0.2) is 0 Å². The molecule has 1 aromatic carbocycles. The molecule has 1 aromatic rings. The third-order valence-electron chi connectivity index (χ3n) is 5.15. The molecule has 1 saturated heterocycles. The molecule has 0 unspecified atom stereocenters. The van der Waals surface area contributed by atoms with Gasteiger partial charge in [0.1, 0.15) is 0 Å². The highest BCUT2D eigenvalue weighted by Crippen LogP contribution is 2.39. The van der Waals surface area contributed by atoms with Crippen LogP contribution in [-0.4, -0.2) is 19.6 Å². The largest absolute Gasteiger partial charge is 0.372 e. The van der Waals surface area contributed by atoms with Crippen LogP contribution in [0.4, 0.5) is 5.69 Å². The quantitative estimate of drug-likeness (QED) is 0.900. The second-order valence-corrected chi connectivity index (χ2v) is 6.29. The van der Waals surface area contributed by atoms with Crippen LogP contribution in [-0.2, 0) is 5.41 Å². The highest BCUT2D eigenvalue weighted by molar-refractivity contribution is 5.49. The summed E-state index contributed by atoms with van der Waals surface area (Å²) in [5.41, 5.74) is 9.25. The zero-order valence-electron chi connectivity index (χ0n) is 11.9. The average molecular weight is 258 g/mol. The normalized spacial score (nSPS) is 22.7. The lowest BCUT2D eigenvalue weighted by Gasteiger charge is -2.37. The minimum atomic E-state index is 0.266. The molecule has 0 aromatic heterocycles. The number of hydrogen-bond acceptors (Lipinski definition) is 2. The van der Waals surface area contributed by atoms with Crippen LogP contribution in [0.15, 0.2) is 24.3 Å². The summed E-state index contributed by atoms with van der Waals surface area (Å²) in [4.78, 5) is 2.50. The minimum absolute atomic E-state index is 0.266. The van der Waals surface area contributed by atoms with E-state index in [2.05, 4.69) is 29.2 Å². The molecular weight excluding hydrogens is 232 g/mol. The molecule has 3 rings (SSSR count). The smallest absolute Gasteiger partial charge is 0.0366 e. The Morgan fingerprint density at radius 2 is 1.53 bits per heavy atom. The van der Waals surface area contributed by atoms with Crippen molar-refractivity contribution in [3.63, 3.8) is 0 Å². The first-order valence-corrected chi connectivity index (χ1v) is 7.90. The van der Waals surface area contributed by atoms with Gasteiger partial charge in [-0.1, -0.05) is 31.4 Å². The zero-order valence-corrected chi connectivity index (χ0v) is 11.9. The summed E-state index contributed by atoms with van der Waals surface area (Å²) in [5.74, 6) is 0. The summed E-state index contributed by atoms with van der Waals surface area (Å²) in [7, 11) is 0. The van der Waals surface area contributed by atoms with Gasteiger partial charge < -0.3 is 10.6 Å². The summed E-state index contributed by atoms with van der Waals surface area (Å²) in [5, 5.41) is 0. The molecule has 19 heavy (non-hydrogen) atoms.